The lowest BCUT2D eigenvalue weighted by Crippen LogP contribution is -2.65. The molecule has 0 aromatic rings. The van der Waals surface area contributed by atoms with Crippen LogP contribution < -0.4 is 5.32 Å². The number of ether oxygens (including phenoxy) is 1. The zero-order valence-corrected chi connectivity index (χ0v) is 10.1. The monoisotopic (exact) mass is 281 g/mol. The van der Waals surface area contributed by atoms with Crippen LogP contribution in [0.1, 0.15) is 27.7 Å². The Morgan fingerprint density at radius 3 is 1.44 bits per heavy atom. The lowest BCUT2D eigenvalue weighted by Gasteiger charge is -2.35. The maximum absolute atomic E-state index is 12.4. The van der Waals surface area contributed by atoms with Gasteiger partial charge in [-0.2, -0.15) is 26.3 Å². The molecule has 0 bridgehead atoms. The van der Waals surface area contributed by atoms with Crippen LogP contribution in [0.15, 0.2) is 0 Å². The average molecular weight is 281 g/mol. The molecule has 0 heterocycles. The molecule has 0 atom stereocenters. The molecule has 0 aromatic carbocycles. The highest BCUT2D eigenvalue weighted by Gasteiger charge is 2.69. The van der Waals surface area contributed by atoms with Crippen molar-refractivity contribution in [1.82, 2.24) is 5.32 Å². The molecule has 108 valence electrons. The lowest BCUT2D eigenvalue weighted by molar-refractivity contribution is -0.299. The number of alkyl carbamates (subject to hydrolysis) is 1. The molecule has 18 heavy (non-hydrogen) atoms. The van der Waals surface area contributed by atoms with E-state index in [-0.39, 0.29) is 6.92 Å². The number of carbonyl (C=O) groups excluding carboxylic acids is 1. The maximum Gasteiger partial charge on any atom is 0.420 e. The van der Waals surface area contributed by atoms with Crippen molar-refractivity contribution >= 4 is 6.09 Å². The number of halogens is 6. The predicted octanol–water partition coefficient (Wildman–Crippen LogP) is 3.39. The Morgan fingerprint density at radius 1 is 0.889 bits per heavy atom. The van der Waals surface area contributed by atoms with Gasteiger partial charge in [-0.1, -0.05) is 0 Å². The number of hydrogen-bond donors (Lipinski definition) is 1. The molecule has 0 aromatic heterocycles. The van der Waals surface area contributed by atoms with Gasteiger partial charge in [0.25, 0.3) is 0 Å². The van der Waals surface area contributed by atoms with Crippen LogP contribution in [0, 0.1) is 0 Å². The van der Waals surface area contributed by atoms with Crippen LogP contribution in [0.25, 0.3) is 0 Å². The van der Waals surface area contributed by atoms with Crippen molar-refractivity contribution in [3.05, 3.63) is 0 Å². The van der Waals surface area contributed by atoms with Crippen LogP contribution in [0.4, 0.5) is 31.1 Å². The summed E-state index contributed by atoms with van der Waals surface area (Å²) in [5.74, 6) is 0. The fourth-order valence-corrected chi connectivity index (χ4v) is 0.810. The fourth-order valence-electron chi connectivity index (χ4n) is 0.810. The Hall–Kier alpha value is -1.15. The van der Waals surface area contributed by atoms with Crippen molar-refractivity contribution in [2.45, 2.75) is 51.2 Å². The maximum atomic E-state index is 12.4. The van der Waals surface area contributed by atoms with Crippen LogP contribution in [0.3, 0.4) is 0 Å². The van der Waals surface area contributed by atoms with Crippen molar-refractivity contribution in [3.8, 4) is 0 Å². The molecule has 0 aliphatic carbocycles. The van der Waals surface area contributed by atoms with E-state index >= 15 is 0 Å². The SMILES string of the molecule is CC(C)(C)OC(=O)NC(C)(C(F)(F)F)C(F)(F)F. The number of nitrogens with one attached hydrogen (secondary N) is 1. The van der Waals surface area contributed by atoms with Crippen molar-refractivity contribution in [2.24, 2.45) is 0 Å². The van der Waals surface area contributed by atoms with Crippen LogP contribution in [-0.4, -0.2) is 29.6 Å². The van der Waals surface area contributed by atoms with Gasteiger partial charge in [-0.25, -0.2) is 4.79 Å². The number of alkyl halides is 6. The van der Waals surface area contributed by atoms with Crippen LogP contribution in [-0.2, 0) is 4.74 Å². The highest BCUT2D eigenvalue weighted by Crippen LogP contribution is 2.42. The second-order valence-corrected chi connectivity index (χ2v) is 4.75. The van der Waals surface area contributed by atoms with E-state index in [4.69, 9.17) is 0 Å². The van der Waals surface area contributed by atoms with Crippen molar-refractivity contribution < 1.29 is 35.9 Å². The molecule has 0 rings (SSSR count). The molecule has 0 fully saturated rings. The molecule has 0 saturated heterocycles. The van der Waals surface area contributed by atoms with Crippen LogP contribution >= 0.6 is 0 Å². The van der Waals surface area contributed by atoms with Gasteiger partial charge in [0.05, 0.1) is 0 Å². The minimum Gasteiger partial charge on any atom is -0.444 e. The zero-order valence-electron chi connectivity index (χ0n) is 10.1. The predicted molar refractivity (Wildman–Crippen MR) is 49.9 cm³/mol. The molecule has 0 aliphatic heterocycles. The van der Waals surface area contributed by atoms with Crippen LogP contribution in [0.2, 0.25) is 0 Å². The smallest absolute Gasteiger partial charge is 0.420 e. The first-order valence-corrected chi connectivity index (χ1v) is 4.75. The molecule has 1 amide bonds. The molecule has 1 N–H and O–H groups in total. The Kier molecular flexibility index (Phi) is 4.22. The Labute approximate surface area is 99.5 Å². The lowest BCUT2D eigenvalue weighted by atomic mass is 10.0. The van der Waals surface area contributed by atoms with E-state index in [0.29, 0.717) is 0 Å². The summed E-state index contributed by atoms with van der Waals surface area (Å²) in [5.41, 5.74) is -5.56. The first-order valence-electron chi connectivity index (χ1n) is 4.75. The molecule has 0 spiro atoms. The largest absolute Gasteiger partial charge is 0.444 e. The van der Waals surface area contributed by atoms with Gasteiger partial charge in [-0.15, -0.1) is 0 Å². The van der Waals surface area contributed by atoms with Crippen molar-refractivity contribution in [2.75, 3.05) is 0 Å². The zero-order chi connectivity index (χ0) is 15.0. The molecule has 0 unspecified atom stereocenters. The van der Waals surface area contributed by atoms with E-state index in [1.165, 1.54) is 20.8 Å². The Morgan fingerprint density at radius 2 is 1.22 bits per heavy atom. The molecule has 0 aliphatic rings. The van der Waals surface area contributed by atoms with Gasteiger partial charge in [0.15, 0.2) is 0 Å². The summed E-state index contributed by atoms with van der Waals surface area (Å²) in [5, 5.41) is 0.819. The fraction of sp³-hybridized carbons (Fsp3) is 0.889. The van der Waals surface area contributed by atoms with Gasteiger partial charge in [-0.3, -0.25) is 5.32 Å². The molecule has 0 saturated carbocycles. The molecule has 9 heteroatoms. The average Bonchev–Trinajstić information content (AvgIpc) is 1.94. The normalized spacial score (nSPS) is 14.3. The quantitative estimate of drug-likeness (QED) is 0.748. The highest BCUT2D eigenvalue weighted by atomic mass is 19.4. The van der Waals surface area contributed by atoms with E-state index < -0.39 is 29.6 Å². The Bertz CT molecular complexity index is 300. The second kappa shape index (κ2) is 4.51. The van der Waals surface area contributed by atoms with E-state index in [1.807, 2.05) is 0 Å². The topological polar surface area (TPSA) is 38.3 Å². The van der Waals surface area contributed by atoms with Gasteiger partial charge in [0.2, 0.25) is 5.54 Å². The summed E-state index contributed by atoms with van der Waals surface area (Å²) in [6, 6.07) is 0. The summed E-state index contributed by atoms with van der Waals surface area (Å²) in [7, 11) is 0. The first-order chi connectivity index (χ1) is 7.60. The van der Waals surface area contributed by atoms with E-state index in [2.05, 4.69) is 4.74 Å². The van der Waals surface area contributed by atoms with E-state index in [0.717, 1.165) is 5.32 Å². The molecular weight excluding hydrogens is 268 g/mol. The van der Waals surface area contributed by atoms with Crippen molar-refractivity contribution in [3.63, 3.8) is 0 Å². The molecule has 3 nitrogen and oxygen atoms in total. The number of rotatable bonds is 1. The third-order valence-corrected chi connectivity index (χ3v) is 1.88. The van der Waals surface area contributed by atoms with Gasteiger partial charge < -0.3 is 4.74 Å². The Balaban J connectivity index is 5.13. The third kappa shape index (κ3) is 3.95. The minimum atomic E-state index is -5.69. The summed E-state index contributed by atoms with van der Waals surface area (Å²) >= 11 is 0. The number of amides is 1. The van der Waals surface area contributed by atoms with Gasteiger partial charge in [0.1, 0.15) is 5.60 Å². The van der Waals surface area contributed by atoms with Gasteiger partial charge in [0, 0.05) is 0 Å². The van der Waals surface area contributed by atoms with Crippen molar-refractivity contribution in [1.29, 1.82) is 0 Å². The molecular formula is C9H13F6NO2. The van der Waals surface area contributed by atoms with Gasteiger partial charge in [-0.05, 0) is 27.7 Å². The summed E-state index contributed by atoms with van der Waals surface area (Å²) < 4.78 is 78.8. The summed E-state index contributed by atoms with van der Waals surface area (Å²) in [4.78, 5) is 11.0. The summed E-state index contributed by atoms with van der Waals surface area (Å²) in [6.07, 6.45) is -13.2. The summed E-state index contributed by atoms with van der Waals surface area (Å²) in [6.45, 7) is 3.76. The number of carbonyl (C=O) groups is 1. The number of hydrogen-bond acceptors (Lipinski definition) is 2. The van der Waals surface area contributed by atoms with E-state index in [1.54, 1.807) is 0 Å². The van der Waals surface area contributed by atoms with E-state index in [9.17, 15) is 31.1 Å². The third-order valence-electron chi connectivity index (χ3n) is 1.88. The first kappa shape index (κ1) is 16.9. The van der Waals surface area contributed by atoms with Gasteiger partial charge >= 0.3 is 18.4 Å². The standard InChI is InChI=1S/C9H13F6NO2/c1-6(2,3)18-5(17)16-7(4,8(10,11)12)9(13,14)15/h1-4H3,(H,16,17). The van der Waals surface area contributed by atoms with Crippen LogP contribution in [0.5, 0.6) is 0 Å². The molecule has 0 radical (unpaired) electrons. The highest BCUT2D eigenvalue weighted by molar-refractivity contribution is 5.69. The minimum absolute atomic E-state index is 0.170. The second-order valence-electron chi connectivity index (χ2n) is 4.75.